The summed E-state index contributed by atoms with van der Waals surface area (Å²) in [5.41, 5.74) is 1.30. The molecule has 1 amide bonds. The average Bonchev–Trinajstić information content (AvgIpc) is 2.70. The lowest BCUT2D eigenvalue weighted by Gasteiger charge is -2.16. The Hall–Kier alpha value is -1.38. The molecule has 88 valence electrons. The Labute approximate surface area is 108 Å². The molecule has 1 unspecified atom stereocenters. The Morgan fingerprint density at radius 3 is 2.88 bits per heavy atom. The molecule has 5 heteroatoms. The molecule has 1 N–H and O–H groups in total. The van der Waals surface area contributed by atoms with Crippen molar-refractivity contribution < 1.29 is 9.90 Å². The summed E-state index contributed by atoms with van der Waals surface area (Å²) in [4.78, 5) is 13.4. The van der Waals surface area contributed by atoms with Gasteiger partial charge in [-0.15, -0.1) is 0 Å². The number of amides is 1. The van der Waals surface area contributed by atoms with Crippen LogP contribution in [0.2, 0.25) is 0 Å². The van der Waals surface area contributed by atoms with Crippen LogP contribution < -0.4 is 4.90 Å². The lowest BCUT2D eigenvalue weighted by Crippen LogP contribution is -2.24. The molecule has 1 aliphatic rings. The van der Waals surface area contributed by atoms with Crippen molar-refractivity contribution in [1.82, 2.24) is 0 Å². The molecular weight excluding hydrogens is 284 g/mol. The van der Waals surface area contributed by atoms with Crippen molar-refractivity contribution in [3.8, 4) is 6.07 Å². The van der Waals surface area contributed by atoms with Crippen LogP contribution in [0.15, 0.2) is 22.7 Å². The SMILES string of the molecule is N#Cc1ccc(N2CC(CO)CC2=O)cc1Br. The zero-order valence-corrected chi connectivity index (χ0v) is 10.6. The van der Waals surface area contributed by atoms with Crippen LogP contribution in [0.3, 0.4) is 0 Å². The maximum atomic E-state index is 11.7. The Balaban J connectivity index is 2.27. The maximum absolute atomic E-state index is 11.7. The number of aliphatic hydroxyl groups is 1. The van der Waals surface area contributed by atoms with Crippen molar-refractivity contribution in [3.05, 3.63) is 28.2 Å². The molecule has 1 heterocycles. The molecule has 0 aliphatic carbocycles. The molecule has 0 bridgehead atoms. The van der Waals surface area contributed by atoms with E-state index in [1.807, 2.05) is 0 Å². The highest BCUT2D eigenvalue weighted by molar-refractivity contribution is 9.10. The molecule has 1 atom stereocenters. The number of nitriles is 1. The summed E-state index contributed by atoms with van der Waals surface area (Å²) in [5, 5.41) is 17.9. The third kappa shape index (κ3) is 2.33. The maximum Gasteiger partial charge on any atom is 0.227 e. The first-order valence-corrected chi connectivity index (χ1v) is 6.06. The Kier molecular flexibility index (Phi) is 3.46. The van der Waals surface area contributed by atoms with E-state index in [4.69, 9.17) is 10.4 Å². The third-order valence-electron chi connectivity index (χ3n) is 2.85. The van der Waals surface area contributed by atoms with Crippen LogP contribution in [0.5, 0.6) is 0 Å². The standard InChI is InChI=1S/C12H11BrN2O2/c13-11-4-10(2-1-9(11)5-14)15-6-8(7-16)3-12(15)17/h1-2,4,8,16H,3,6-7H2. The lowest BCUT2D eigenvalue weighted by molar-refractivity contribution is -0.117. The molecule has 2 rings (SSSR count). The molecule has 0 spiro atoms. The summed E-state index contributed by atoms with van der Waals surface area (Å²) >= 11 is 3.30. The van der Waals surface area contributed by atoms with Gasteiger partial charge < -0.3 is 10.0 Å². The number of anilines is 1. The van der Waals surface area contributed by atoms with Gasteiger partial charge in [-0.05, 0) is 34.1 Å². The monoisotopic (exact) mass is 294 g/mol. The van der Waals surface area contributed by atoms with E-state index in [2.05, 4.69) is 22.0 Å². The van der Waals surface area contributed by atoms with Crippen LogP contribution in [0.4, 0.5) is 5.69 Å². The molecule has 1 aromatic rings. The predicted molar refractivity (Wildman–Crippen MR) is 66.4 cm³/mol. The number of hydrogen-bond donors (Lipinski definition) is 1. The summed E-state index contributed by atoms with van der Waals surface area (Å²) in [6, 6.07) is 7.24. The van der Waals surface area contributed by atoms with Gasteiger partial charge in [0, 0.05) is 35.7 Å². The average molecular weight is 295 g/mol. The Morgan fingerprint density at radius 1 is 1.59 bits per heavy atom. The van der Waals surface area contributed by atoms with Crippen LogP contribution in [0.25, 0.3) is 0 Å². The number of aliphatic hydroxyl groups excluding tert-OH is 1. The van der Waals surface area contributed by atoms with Crippen LogP contribution in [0.1, 0.15) is 12.0 Å². The second-order valence-electron chi connectivity index (χ2n) is 4.03. The van der Waals surface area contributed by atoms with Gasteiger partial charge in [0.05, 0.1) is 5.56 Å². The molecule has 0 saturated carbocycles. The number of carbonyl (C=O) groups is 1. The molecule has 17 heavy (non-hydrogen) atoms. The molecule has 1 aliphatic heterocycles. The van der Waals surface area contributed by atoms with Gasteiger partial charge in [-0.3, -0.25) is 4.79 Å². The van der Waals surface area contributed by atoms with Crippen molar-refractivity contribution in [2.75, 3.05) is 18.1 Å². The predicted octanol–water partition coefficient (Wildman–Crippen LogP) is 1.67. The number of nitrogens with zero attached hydrogens (tertiary/aromatic N) is 2. The Bertz CT molecular complexity index is 496. The summed E-state index contributed by atoms with van der Waals surface area (Å²) in [7, 11) is 0. The second kappa shape index (κ2) is 4.86. The van der Waals surface area contributed by atoms with Gasteiger partial charge in [-0.1, -0.05) is 0 Å². The highest BCUT2D eigenvalue weighted by Gasteiger charge is 2.30. The smallest absolute Gasteiger partial charge is 0.227 e. The highest BCUT2D eigenvalue weighted by Crippen LogP contribution is 2.28. The van der Waals surface area contributed by atoms with E-state index in [0.717, 1.165) is 5.69 Å². The van der Waals surface area contributed by atoms with E-state index in [1.54, 1.807) is 23.1 Å². The first-order chi connectivity index (χ1) is 8.15. The molecule has 1 saturated heterocycles. The number of halogens is 1. The lowest BCUT2D eigenvalue weighted by atomic mass is 10.1. The fourth-order valence-electron chi connectivity index (χ4n) is 1.92. The first-order valence-electron chi connectivity index (χ1n) is 5.26. The van der Waals surface area contributed by atoms with E-state index in [-0.39, 0.29) is 18.4 Å². The molecule has 4 nitrogen and oxygen atoms in total. The van der Waals surface area contributed by atoms with Crippen molar-refractivity contribution in [2.45, 2.75) is 6.42 Å². The van der Waals surface area contributed by atoms with Gasteiger partial charge in [-0.25, -0.2) is 0 Å². The normalized spacial score (nSPS) is 19.5. The molecule has 0 aromatic heterocycles. The minimum atomic E-state index is 0.0110. The topological polar surface area (TPSA) is 64.3 Å². The van der Waals surface area contributed by atoms with E-state index >= 15 is 0 Å². The number of rotatable bonds is 2. The van der Waals surface area contributed by atoms with Gasteiger partial charge in [0.15, 0.2) is 0 Å². The zero-order chi connectivity index (χ0) is 12.4. The number of carbonyl (C=O) groups excluding carboxylic acids is 1. The van der Waals surface area contributed by atoms with E-state index in [1.165, 1.54) is 0 Å². The third-order valence-corrected chi connectivity index (χ3v) is 3.50. The summed E-state index contributed by atoms with van der Waals surface area (Å²) in [6.07, 6.45) is 0.383. The van der Waals surface area contributed by atoms with Crippen LogP contribution in [-0.2, 0) is 4.79 Å². The highest BCUT2D eigenvalue weighted by atomic mass is 79.9. The van der Waals surface area contributed by atoms with Crippen molar-refractivity contribution in [3.63, 3.8) is 0 Å². The minimum Gasteiger partial charge on any atom is -0.396 e. The van der Waals surface area contributed by atoms with Gasteiger partial charge in [0.2, 0.25) is 5.91 Å². The molecular formula is C12H11BrN2O2. The Morgan fingerprint density at radius 2 is 2.35 bits per heavy atom. The summed E-state index contributed by atoms with van der Waals surface area (Å²) in [6.45, 7) is 0.563. The van der Waals surface area contributed by atoms with Gasteiger partial charge in [-0.2, -0.15) is 5.26 Å². The largest absolute Gasteiger partial charge is 0.396 e. The fraction of sp³-hybridized carbons (Fsp3) is 0.333. The quantitative estimate of drug-likeness (QED) is 0.902. The number of benzene rings is 1. The van der Waals surface area contributed by atoms with Gasteiger partial charge in [0.25, 0.3) is 0 Å². The summed E-state index contributed by atoms with van der Waals surface area (Å²) < 4.78 is 0.678. The van der Waals surface area contributed by atoms with Crippen LogP contribution in [0, 0.1) is 17.2 Å². The van der Waals surface area contributed by atoms with Crippen molar-refractivity contribution >= 4 is 27.5 Å². The molecule has 1 fully saturated rings. The second-order valence-corrected chi connectivity index (χ2v) is 4.89. The van der Waals surface area contributed by atoms with Crippen LogP contribution >= 0.6 is 15.9 Å². The van der Waals surface area contributed by atoms with Crippen molar-refractivity contribution in [1.29, 1.82) is 5.26 Å². The van der Waals surface area contributed by atoms with Gasteiger partial charge in [0.1, 0.15) is 6.07 Å². The first kappa shape index (κ1) is 12.1. The summed E-state index contributed by atoms with van der Waals surface area (Å²) in [5.74, 6) is 0.0255. The van der Waals surface area contributed by atoms with Crippen LogP contribution in [-0.4, -0.2) is 24.2 Å². The van der Waals surface area contributed by atoms with E-state index in [9.17, 15) is 4.79 Å². The fourth-order valence-corrected chi connectivity index (χ4v) is 2.37. The van der Waals surface area contributed by atoms with Gasteiger partial charge >= 0.3 is 0 Å². The molecule has 1 aromatic carbocycles. The minimum absolute atomic E-state index is 0.0110. The van der Waals surface area contributed by atoms with E-state index < -0.39 is 0 Å². The zero-order valence-electron chi connectivity index (χ0n) is 9.06. The van der Waals surface area contributed by atoms with Crippen molar-refractivity contribution in [2.24, 2.45) is 5.92 Å². The molecule has 0 radical (unpaired) electrons. The number of hydrogen-bond acceptors (Lipinski definition) is 3. The van der Waals surface area contributed by atoms with E-state index in [0.29, 0.717) is 23.0 Å².